The summed E-state index contributed by atoms with van der Waals surface area (Å²) in [5.41, 5.74) is -0.449. The highest BCUT2D eigenvalue weighted by Gasteiger charge is 2.31. The first-order valence-electron chi connectivity index (χ1n) is 7.35. The number of nitro groups is 1. The van der Waals surface area contributed by atoms with Crippen LogP contribution in [0.15, 0.2) is 18.2 Å². The standard InChI is InChI=1S/C15H17ClN2O5/c16-10-5-6-12(13(7-10)18(22)23)14(19)17-8-9-3-1-2-4-11(9)15(20)21/h5-7,9,11H,1-4,8H2,(H,17,19)(H,20,21)/t9-,11-/m0/s1. The van der Waals surface area contributed by atoms with Gasteiger partial charge in [-0.1, -0.05) is 24.4 Å². The SMILES string of the molecule is O=C(NC[C@@H]1CCCC[C@@H]1C(=O)O)c1ccc(Cl)cc1[N+](=O)[O-]. The summed E-state index contributed by atoms with van der Waals surface area (Å²) in [5.74, 6) is -2.09. The van der Waals surface area contributed by atoms with Crippen molar-refractivity contribution in [3.8, 4) is 0 Å². The highest BCUT2D eigenvalue weighted by molar-refractivity contribution is 6.31. The number of amides is 1. The van der Waals surface area contributed by atoms with Crippen LogP contribution in [0.3, 0.4) is 0 Å². The Balaban J connectivity index is 2.07. The monoisotopic (exact) mass is 340 g/mol. The highest BCUT2D eigenvalue weighted by Crippen LogP contribution is 2.30. The number of hydrogen-bond donors (Lipinski definition) is 2. The second-order valence-electron chi connectivity index (χ2n) is 5.62. The molecule has 1 aromatic carbocycles. The molecule has 0 heterocycles. The fraction of sp³-hybridized carbons (Fsp3) is 0.467. The van der Waals surface area contributed by atoms with Crippen LogP contribution in [0.4, 0.5) is 5.69 Å². The molecular weight excluding hydrogens is 324 g/mol. The molecular formula is C15H17ClN2O5. The van der Waals surface area contributed by atoms with Crippen LogP contribution in [-0.4, -0.2) is 28.5 Å². The van der Waals surface area contributed by atoms with Gasteiger partial charge in [-0.05, 0) is 30.9 Å². The molecule has 1 saturated carbocycles. The van der Waals surface area contributed by atoms with Gasteiger partial charge in [0.25, 0.3) is 11.6 Å². The van der Waals surface area contributed by atoms with E-state index in [0.717, 1.165) is 25.3 Å². The predicted molar refractivity (Wildman–Crippen MR) is 83.5 cm³/mol. The largest absolute Gasteiger partial charge is 0.481 e. The lowest BCUT2D eigenvalue weighted by Crippen LogP contribution is -2.37. The number of carbonyl (C=O) groups excluding carboxylic acids is 1. The summed E-state index contributed by atoms with van der Waals surface area (Å²) < 4.78 is 0. The van der Waals surface area contributed by atoms with E-state index in [4.69, 9.17) is 11.6 Å². The van der Waals surface area contributed by atoms with Gasteiger partial charge in [0, 0.05) is 17.6 Å². The molecule has 1 aliphatic rings. The van der Waals surface area contributed by atoms with Gasteiger partial charge < -0.3 is 10.4 Å². The normalized spacial score (nSPS) is 20.7. The maximum absolute atomic E-state index is 12.2. The average Bonchev–Trinajstić information content (AvgIpc) is 2.52. The zero-order chi connectivity index (χ0) is 17.0. The third-order valence-electron chi connectivity index (χ3n) is 4.15. The van der Waals surface area contributed by atoms with Gasteiger partial charge >= 0.3 is 5.97 Å². The molecule has 1 fully saturated rings. The van der Waals surface area contributed by atoms with Crippen molar-refractivity contribution >= 4 is 29.2 Å². The molecule has 0 saturated heterocycles. The number of aliphatic carboxylic acids is 1. The Hall–Kier alpha value is -2.15. The van der Waals surface area contributed by atoms with E-state index in [1.807, 2.05) is 0 Å². The Morgan fingerprint density at radius 3 is 2.70 bits per heavy atom. The van der Waals surface area contributed by atoms with Crippen molar-refractivity contribution in [3.05, 3.63) is 38.9 Å². The van der Waals surface area contributed by atoms with Crippen LogP contribution in [0.25, 0.3) is 0 Å². The minimum atomic E-state index is -0.860. The first-order valence-corrected chi connectivity index (χ1v) is 7.73. The molecule has 2 atom stereocenters. The van der Waals surface area contributed by atoms with Gasteiger partial charge in [-0.15, -0.1) is 0 Å². The van der Waals surface area contributed by atoms with Crippen molar-refractivity contribution in [2.45, 2.75) is 25.7 Å². The van der Waals surface area contributed by atoms with Crippen molar-refractivity contribution < 1.29 is 19.6 Å². The van der Waals surface area contributed by atoms with Crippen molar-refractivity contribution in [3.63, 3.8) is 0 Å². The molecule has 1 aliphatic carbocycles. The summed E-state index contributed by atoms with van der Waals surface area (Å²) in [6, 6.07) is 3.83. The predicted octanol–water partition coefficient (Wildman–Crippen LogP) is 2.87. The number of carbonyl (C=O) groups is 2. The average molecular weight is 341 g/mol. The Labute approximate surface area is 137 Å². The fourth-order valence-electron chi connectivity index (χ4n) is 2.94. The minimum absolute atomic E-state index is 0.0814. The molecule has 1 aromatic rings. The lowest BCUT2D eigenvalue weighted by Gasteiger charge is -2.28. The van der Waals surface area contributed by atoms with E-state index in [2.05, 4.69) is 5.32 Å². The molecule has 0 spiro atoms. The number of halogens is 1. The Bertz CT molecular complexity index is 634. The van der Waals surface area contributed by atoms with Crippen molar-refractivity contribution in [1.29, 1.82) is 0 Å². The van der Waals surface area contributed by atoms with Gasteiger partial charge in [0.2, 0.25) is 0 Å². The molecule has 2 rings (SSSR count). The molecule has 0 radical (unpaired) electrons. The number of carboxylic acids is 1. The quantitative estimate of drug-likeness (QED) is 0.632. The van der Waals surface area contributed by atoms with Gasteiger partial charge in [-0.25, -0.2) is 0 Å². The lowest BCUT2D eigenvalue weighted by atomic mass is 9.79. The molecule has 0 bridgehead atoms. The van der Waals surface area contributed by atoms with Gasteiger partial charge in [0.15, 0.2) is 0 Å². The van der Waals surface area contributed by atoms with Crippen molar-refractivity contribution in [2.24, 2.45) is 11.8 Å². The second-order valence-corrected chi connectivity index (χ2v) is 6.05. The first kappa shape index (κ1) is 17.2. The molecule has 2 N–H and O–H groups in total. The van der Waals surface area contributed by atoms with Crippen LogP contribution in [0.2, 0.25) is 5.02 Å². The molecule has 8 heteroatoms. The van der Waals surface area contributed by atoms with Gasteiger partial charge in [-0.2, -0.15) is 0 Å². The Morgan fingerprint density at radius 2 is 2.04 bits per heavy atom. The number of rotatable bonds is 5. The highest BCUT2D eigenvalue weighted by atomic mass is 35.5. The number of carboxylic acid groups (broad SMARTS) is 1. The van der Waals surface area contributed by atoms with Crippen LogP contribution in [-0.2, 0) is 4.79 Å². The van der Waals surface area contributed by atoms with Crippen LogP contribution in [0, 0.1) is 22.0 Å². The Kier molecular flexibility index (Phi) is 5.54. The molecule has 0 aliphatic heterocycles. The van der Waals surface area contributed by atoms with E-state index in [1.54, 1.807) is 0 Å². The third kappa shape index (κ3) is 4.19. The maximum Gasteiger partial charge on any atom is 0.306 e. The lowest BCUT2D eigenvalue weighted by molar-refractivity contribution is -0.385. The first-order chi connectivity index (χ1) is 10.9. The summed E-state index contributed by atoms with van der Waals surface area (Å²) in [6.07, 6.45) is 3.10. The zero-order valence-corrected chi connectivity index (χ0v) is 13.1. The Morgan fingerprint density at radius 1 is 1.35 bits per heavy atom. The van der Waals surface area contributed by atoms with Gasteiger partial charge in [0.05, 0.1) is 10.8 Å². The van der Waals surface area contributed by atoms with Crippen molar-refractivity contribution in [1.82, 2.24) is 5.32 Å². The summed E-state index contributed by atoms with van der Waals surface area (Å²) in [5, 5.41) is 23.0. The van der Waals surface area contributed by atoms with E-state index in [0.29, 0.717) is 6.42 Å². The second kappa shape index (κ2) is 7.41. The summed E-state index contributed by atoms with van der Waals surface area (Å²) in [6.45, 7) is 0.190. The van der Waals surface area contributed by atoms with E-state index < -0.39 is 22.7 Å². The van der Waals surface area contributed by atoms with Gasteiger partial charge in [-0.3, -0.25) is 19.7 Å². The van der Waals surface area contributed by atoms with Gasteiger partial charge in [0.1, 0.15) is 5.56 Å². The third-order valence-corrected chi connectivity index (χ3v) is 4.39. The smallest absolute Gasteiger partial charge is 0.306 e. The maximum atomic E-state index is 12.2. The number of nitrogens with one attached hydrogen (secondary N) is 1. The van der Waals surface area contributed by atoms with E-state index in [9.17, 15) is 24.8 Å². The zero-order valence-electron chi connectivity index (χ0n) is 12.3. The molecule has 1 amide bonds. The van der Waals surface area contributed by atoms with E-state index in [-0.39, 0.29) is 28.7 Å². The molecule has 7 nitrogen and oxygen atoms in total. The minimum Gasteiger partial charge on any atom is -0.481 e. The van der Waals surface area contributed by atoms with Crippen LogP contribution >= 0.6 is 11.6 Å². The van der Waals surface area contributed by atoms with E-state index in [1.165, 1.54) is 12.1 Å². The van der Waals surface area contributed by atoms with Crippen molar-refractivity contribution in [2.75, 3.05) is 6.54 Å². The molecule has 124 valence electrons. The summed E-state index contributed by atoms with van der Waals surface area (Å²) >= 11 is 5.72. The topological polar surface area (TPSA) is 110 Å². The number of nitro benzene ring substituents is 1. The molecule has 23 heavy (non-hydrogen) atoms. The van der Waals surface area contributed by atoms with E-state index >= 15 is 0 Å². The molecule has 0 aromatic heterocycles. The van der Waals surface area contributed by atoms with Crippen LogP contribution < -0.4 is 5.32 Å². The van der Waals surface area contributed by atoms with Crippen LogP contribution in [0.5, 0.6) is 0 Å². The fourth-order valence-corrected chi connectivity index (χ4v) is 3.11. The number of hydrogen-bond acceptors (Lipinski definition) is 4. The number of nitrogens with zero attached hydrogens (tertiary/aromatic N) is 1. The van der Waals surface area contributed by atoms with Crippen LogP contribution in [0.1, 0.15) is 36.0 Å². The molecule has 0 unspecified atom stereocenters. The number of benzene rings is 1. The summed E-state index contributed by atoms with van der Waals surface area (Å²) in [4.78, 5) is 33.8. The summed E-state index contributed by atoms with van der Waals surface area (Å²) in [7, 11) is 0.